The number of halogens is 2. The fraction of sp³-hybridized carbons (Fsp3) is 0.478. The monoisotopic (exact) mass is 449 g/mol. The Hall–Kier alpha value is -2.32. The maximum Gasteiger partial charge on any atom is 0.254 e. The van der Waals surface area contributed by atoms with Crippen molar-refractivity contribution in [3.8, 4) is 0 Å². The van der Waals surface area contributed by atoms with Crippen LogP contribution in [0.1, 0.15) is 53.9 Å². The molecular formula is C23H29F2N3O2S. The molecular weight excluding hydrogens is 420 g/mol. The molecule has 168 valence electrons. The van der Waals surface area contributed by atoms with Crippen molar-refractivity contribution in [3.05, 3.63) is 57.8 Å². The van der Waals surface area contributed by atoms with Gasteiger partial charge in [0, 0.05) is 30.5 Å². The minimum atomic E-state index is -0.901. The lowest BCUT2D eigenvalue weighted by atomic mass is 9.97. The second-order valence-electron chi connectivity index (χ2n) is 8.04. The molecule has 3 rings (SSSR count). The van der Waals surface area contributed by atoms with E-state index in [1.54, 1.807) is 11.3 Å². The summed E-state index contributed by atoms with van der Waals surface area (Å²) in [6, 6.07) is 7.15. The Morgan fingerprint density at radius 2 is 1.97 bits per heavy atom. The van der Waals surface area contributed by atoms with Gasteiger partial charge in [-0.1, -0.05) is 13.0 Å². The van der Waals surface area contributed by atoms with Crippen molar-refractivity contribution in [3.63, 3.8) is 0 Å². The van der Waals surface area contributed by atoms with Gasteiger partial charge in [0.25, 0.3) is 5.91 Å². The average Bonchev–Trinajstić information content (AvgIpc) is 3.27. The summed E-state index contributed by atoms with van der Waals surface area (Å²) >= 11 is 1.71. The third-order valence-corrected chi connectivity index (χ3v) is 6.64. The van der Waals surface area contributed by atoms with Crippen molar-refractivity contribution in [2.75, 3.05) is 26.2 Å². The molecule has 1 aliphatic heterocycles. The standard InChI is InChI=1S/C23H29F2N3O2S/c1-16-8-11-28(12-9-16)20(21-4-3-13-31-21)15-27-22(29)5-2-10-26-23(30)18-7-6-17(24)14-19(18)25/h3-4,6-7,13-14,16,20H,2,5,8-12,15H2,1H3,(H,26,30)(H,27,29). The molecule has 1 saturated heterocycles. The Kier molecular flexibility index (Phi) is 8.54. The number of carbonyl (C=O) groups is 2. The molecule has 8 heteroatoms. The molecule has 2 aromatic rings. The van der Waals surface area contributed by atoms with E-state index in [0.717, 1.165) is 31.1 Å². The number of hydrogen-bond acceptors (Lipinski definition) is 4. The second kappa shape index (κ2) is 11.3. The highest BCUT2D eigenvalue weighted by Crippen LogP contribution is 2.29. The van der Waals surface area contributed by atoms with E-state index in [9.17, 15) is 18.4 Å². The van der Waals surface area contributed by atoms with Crippen LogP contribution < -0.4 is 10.6 Å². The topological polar surface area (TPSA) is 61.4 Å². The van der Waals surface area contributed by atoms with E-state index in [-0.39, 0.29) is 30.5 Å². The van der Waals surface area contributed by atoms with Gasteiger partial charge in [-0.15, -0.1) is 11.3 Å². The lowest BCUT2D eigenvalue weighted by molar-refractivity contribution is -0.121. The summed E-state index contributed by atoms with van der Waals surface area (Å²) in [4.78, 5) is 28.0. The highest BCUT2D eigenvalue weighted by molar-refractivity contribution is 7.10. The van der Waals surface area contributed by atoms with E-state index in [0.29, 0.717) is 19.0 Å². The first-order chi connectivity index (χ1) is 14.9. The van der Waals surface area contributed by atoms with Gasteiger partial charge in [-0.2, -0.15) is 0 Å². The van der Waals surface area contributed by atoms with Crippen molar-refractivity contribution in [2.45, 2.75) is 38.6 Å². The summed E-state index contributed by atoms with van der Waals surface area (Å²) in [5.74, 6) is -1.58. The van der Waals surface area contributed by atoms with Crippen LogP contribution in [0.25, 0.3) is 0 Å². The van der Waals surface area contributed by atoms with Gasteiger partial charge in [0.2, 0.25) is 5.91 Å². The number of rotatable bonds is 9. The largest absolute Gasteiger partial charge is 0.354 e. The van der Waals surface area contributed by atoms with E-state index >= 15 is 0 Å². The Labute approximate surface area is 185 Å². The summed E-state index contributed by atoms with van der Waals surface area (Å²) in [7, 11) is 0. The van der Waals surface area contributed by atoms with Crippen LogP contribution in [0, 0.1) is 17.6 Å². The first-order valence-electron chi connectivity index (χ1n) is 10.7. The zero-order valence-electron chi connectivity index (χ0n) is 17.7. The van der Waals surface area contributed by atoms with E-state index in [4.69, 9.17) is 0 Å². The Morgan fingerprint density at radius 3 is 2.65 bits per heavy atom. The van der Waals surface area contributed by atoms with Crippen LogP contribution in [0.15, 0.2) is 35.7 Å². The Balaban J connectivity index is 1.41. The minimum absolute atomic E-state index is 0.0749. The molecule has 0 saturated carbocycles. The maximum absolute atomic E-state index is 13.6. The minimum Gasteiger partial charge on any atom is -0.354 e. The number of benzene rings is 1. The lowest BCUT2D eigenvalue weighted by Gasteiger charge is -2.36. The molecule has 5 nitrogen and oxygen atoms in total. The van der Waals surface area contributed by atoms with Crippen molar-refractivity contribution in [1.29, 1.82) is 0 Å². The highest BCUT2D eigenvalue weighted by Gasteiger charge is 2.25. The van der Waals surface area contributed by atoms with Gasteiger partial charge in [0.15, 0.2) is 0 Å². The smallest absolute Gasteiger partial charge is 0.254 e. The Morgan fingerprint density at radius 1 is 1.19 bits per heavy atom. The summed E-state index contributed by atoms with van der Waals surface area (Å²) in [5.41, 5.74) is -0.208. The van der Waals surface area contributed by atoms with Gasteiger partial charge >= 0.3 is 0 Å². The van der Waals surface area contributed by atoms with Crippen LogP contribution in [-0.2, 0) is 4.79 Å². The summed E-state index contributed by atoms with van der Waals surface area (Å²) < 4.78 is 26.6. The molecule has 1 unspecified atom stereocenters. The van der Waals surface area contributed by atoms with Gasteiger partial charge in [-0.3, -0.25) is 14.5 Å². The molecule has 2 amide bonds. The molecule has 0 radical (unpaired) electrons. The molecule has 2 N–H and O–H groups in total. The van der Waals surface area contributed by atoms with Crippen molar-refractivity contribution in [2.24, 2.45) is 5.92 Å². The van der Waals surface area contributed by atoms with E-state index in [1.807, 2.05) is 6.07 Å². The summed E-state index contributed by atoms with van der Waals surface area (Å²) in [6.45, 7) is 5.14. The van der Waals surface area contributed by atoms with E-state index < -0.39 is 17.5 Å². The van der Waals surface area contributed by atoms with Crippen molar-refractivity contribution >= 4 is 23.2 Å². The lowest BCUT2D eigenvalue weighted by Crippen LogP contribution is -2.41. The molecule has 1 aromatic heterocycles. The SMILES string of the molecule is CC1CCN(C(CNC(=O)CCCNC(=O)c2ccc(F)cc2F)c2cccs2)CC1. The van der Waals surface area contributed by atoms with Crippen molar-refractivity contribution < 1.29 is 18.4 Å². The highest BCUT2D eigenvalue weighted by atomic mass is 32.1. The molecule has 1 aromatic carbocycles. The van der Waals surface area contributed by atoms with Gasteiger partial charge in [0.05, 0.1) is 11.6 Å². The predicted molar refractivity (Wildman–Crippen MR) is 118 cm³/mol. The van der Waals surface area contributed by atoms with Crippen molar-refractivity contribution in [1.82, 2.24) is 15.5 Å². The molecule has 1 fully saturated rings. The molecule has 2 heterocycles. The van der Waals surface area contributed by atoms with Gasteiger partial charge in [-0.05, 0) is 61.8 Å². The van der Waals surface area contributed by atoms with E-state index in [2.05, 4.69) is 33.9 Å². The van der Waals surface area contributed by atoms with Crippen LogP contribution in [0.2, 0.25) is 0 Å². The van der Waals surface area contributed by atoms with Crippen LogP contribution in [-0.4, -0.2) is 42.9 Å². The number of thiophene rings is 1. The van der Waals surface area contributed by atoms with Crippen LogP contribution in [0.3, 0.4) is 0 Å². The number of piperidine rings is 1. The first kappa shape index (κ1) is 23.3. The number of nitrogens with zero attached hydrogens (tertiary/aromatic N) is 1. The maximum atomic E-state index is 13.6. The summed E-state index contributed by atoms with van der Waals surface area (Å²) in [6.07, 6.45) is 3.04. The van der Waals surface area contributed by atoms with Crippen LogP contribution in [0.5, 0.6) is 0 Å². The molecule has 0 spiro atoms. The Bertz CT molecular complexity index is 868. The number of amides is 2. The number of nitrogens with one attached hydrogen (secondary N) is 2. The quantitative estimate of drug-likeness (QED) is 0.566. The average molecular weight is 450 g/mol. The predicted octanol–water partition coefficient (Wildman–Crippen LogP) is 4.13. The van der Waals surface area contributed by atoms with Crippen LogP contribution >= 0.6 is 11.3 Å². The van der Waals surface area contributed by atoms with Crippen LogP contribution in [0.4, 0.5) is 8.78 Å². The van der Waals surface area contributed by atoms with Gasteiger partial charge in [0.1, 0.15) is 11.6 Å². The normalized spacial score (nSPS) is 16.1. The molecule has 31 heavy (non-hydrogen) atoms. The number of carbonyl (C=O) groups excluding carboxylic acids is 2. The fourth-order valence-corrected chi connectivity index (χ4v) is 4.61. The molecule has 1 aliphatic rings. The second-order valence-corrected chi connectivity index (χ2v) is 9.02. The third-order valence-electron chi connectivity index (χ3n) is 5.67. The number of likely N-dealkylation sites (tertiary alicyclic amines) is 1. The van der Waals surface area contributed by atoms with Gasteiger partial charge in [-0.25, -0.2) is 8.78 Å². The molecule has 0 bridgehead atoms. The summed E-state index contributed by atoms with van der Waals surface area (Å²) in [5, 5.41) is 7.66. The van der Waals surface area contributed by atoms with E-state index in [1.165, 1.54) is 17.7 Å². The number of hydrogen-bond donors (Lipinski definition) is 2. The zero-order chi connectivity index (χ0) is 22.2. The fourth-order valence-electron chi connectivity index (χ4n) is 3.75. The van der Waals surface area contributed by atoms with Gasteiger partial charge < -0.3 is 10.6 Å². The molecule has 0 aliphatic carbocycles. The molecule has 1 atom stereocenters. The zero-order valence-corrected chi connectivity index (χ0v) is 18.5. The third kappa shape index (κ3) is 6.83. The first-order valence-corrected chi connectivity index (χ1v) is 11.6.